The third-order valence-corrected chi connectivity index (χ3v) is 0.995. The van der Waals surface area contributed by atoms with E-state index in [1.807, 2.05) is 0 Å². The maximum atomic E-state index is 10.8. The van der Waals surface area contributed by atoms with E-state index in [2.05, 4.69) is 21.6 Å². The highest BCUT2D eigenvalue weighted by Crippen LogP contribution is 1.87. The van der Waals surface area contributed by atoms with Crippen LogP contribution >= 0.6 is 0 Å². The lowest BCUT2D eigenvalue weighted by atomic mass is 10.4. The van der Waals surface area contributed by atoms with Crippen molar-refractivity contribution in [2.45, 2.75) is 0 Å². The maximum absolute atomic E-state index is 10.8. The molecule has 0 saturated carbocycles. The third-order valence-electron chi connectivity index (χ3n) is 0.995. The van der Waals surface area contributed by atoms with Gasteiger partial charge in [0.15, 0.2) is 6.33 Å². The van der Waals surface area contributed by atoms with Gasteiger partial charge in [-0.25, -0.2) is 9.97 Å². The zero-order valence-electron chi connectivity index (χ0n) is 5.46. The van der Waals surface area contributed by atoms with Crippen LogP contribution in [0.2, 0.25) is 0 Å². The van der Waals surface area contributed by atoms with E-state index < -0.39 is 0 Å². The van der Waals surface area contributed by atoms with E-state index in [-0.39, 0.29) is 5.91 Å². The van der Waals surface area contributed by atoms with Crippen LogP contribution in [0.25, 0.3) is 0 Å². The molecule has 1 aromatic rings. The molecule has 1 radical (unpaired) electrons. The average Bonchev–Trinajstić information content (AvgIpc) is 2.05. The fraction of sp³-hybridized carbons (Fsp3) is 0.167. The van der Waals surface area contributed by atoms with Crippen molar-refractivity contribution in [3.63, 3.8) is 0 Å². The van der Waals surface area contributed by atoms with Gasteiger partial charge in [-0.15, -0.1) is 0 Å². The normalized spacial score (nSPS) is 8.90. The van der Waals surface area contributed by atoms with Gasteiger partial charge in [-0.1, -0.05) is 0 Å². The molecule has 1 aromatic heterocycles. The van der Waals surface area contributed by atoms with Gasteiger partial charge in [-0.3, -0.25) is 4.79 Å². The number of amides is 1. The van der Waals surface area contributed by atoms with Crippen molar-refractivity contribution in [1.29, 1.82) is 0 Å². The Balaban J connectivity index is 2.85. The Bertz CT molecular complexity index is 222. The monoisotopic (exact) mass is 136 g/mol. The molecule has 51 valence electrons. The summed E-state index contributed by atoms with van der Waals surface area (Å²) in [5.74, 6) is -0.223. The number of nitrogens with one attached hydrogen (secondary N) is 1. The van der Waals surface area contributed by atoms with Gasteiger partial charge < -0.3 is 5.32 Å². The zero-order valence-corrected chi connectivity index (χ0v) is 5.46. The smallest absolute Gasteiger partial charge is 0.269 e. The molecule has 0 aromatic carbocycles. The third kappa shape index (κ3) is 1.28. The molecule has 4 heteroatoms. The van der Waals surface area contributed by atoms with Crippen LogP contribution in [0.15, 0.2) is 12.3 Å². The minimum atomic E-state index is -0.223. The first-order valence-corrected chi connectivity index (χ1v) is 2.76. The molecular weight excluding hydrogens is 130 g/mol. The first-order chi connectivity index (χ1) is 4.84. The molecule has 1 amide bonds. The molecule has 0 aliphatic carbocycles. The molecule has 0 bridgehead atoms. The van der Waals surface area contributed by atoms with Crippen LogP contribution in [0, 0.1) is 6.33 Å². The van der Waals surface area contributed by atoms with Crippen LogP contribution in [0.4, 0.5) is 0 Å². The molecule has 0 atom stereocenters. The predicted octanol–water partition coefficient (Wildman–Crippen LogP) is -0.364. The summed E-state index contributed by atoms with van der Waals surface area (Å²) in [7, 11) is 1.55. The average molecular weight is 136 g/mol. The van der Waals surface area contributed by atoms with E-state index >= 15 is 0 Å². The molecule has 1 heterocycles. The van der Waals surface area contributed by atoms with Gasteiger partial charge >= 0.3 is 0 Å². The highest BCUT2D eigenvalue weighted by atomic mass is 16.1. The second-order valence-corrected chi connectivity index (χ2v) is 1.62. The van der Waals surface area contributed by atoms with Gasteiger partial charge in [0.25, 0.3) is 5.91 Å². The summed E-state index contributed by atoms with van der Waals surface area (Å²) in [6.07, 6.45) is 3.79. The second-order valence-electron chi connectivity index (χ2n) is 1.62. The number of carbonyl (C=O) groups is 1. The minimum absolute atomic E-state index is 0.223. The van der Waals surface area contributed by atoms with E-state index in [1.54, 1.807) is 7.05 Å². The van der Waals surface area contributed by atoms with Crippen molar-refractivity contribution in [3.05, 3.63) is 24.3 Å². The van der Waals surface area contributed by atoms with Crippen molar-refractivity contribution in [2.24, 2.45) is 0 Å². The van der Waals surface area contributed by atoms with Crippen molar-refractivity contribution >= 4 is 5.91 Å². The van der Waals surface area contributed by atoms with E-state index in [9.17, 15) is 4.79 Å². The number of aromatic nitrogens is 2. The van der Waals surface area contributed by atoms with Gasteiger partial charge in [0.05, 0.1) is 0 Å². The first-order valence-electron chi connectivity index (χ1n) is 2.76. The summed E-state index contributed by atoms with van der Waals surface area (Å²) < 4.78 is 0. The molecule has 0 aliphatic rings. The molecule has 10 heavy (non-hydrogen) atoms. The Morgan fingerprint density at radius 3 is 3.10 bits per heavy atom. The van der Waals surface area contributed by atoms with Gasteiger partial charge in [-0.2, -0.15) is 0 Å². The summed E-state index contributed by atoms with van der Waals surface area (Å²) in [5, 5.41) is 2.43. The number of hydrogen-bond donors (Lipinski definition) is 1. The fourth-order valence-corrected chi connectivity index (χ4v) is 0.516. The summed E-state index contributed by atoms with van der Waals surface area (Å²) >= 11 is 0. The van der Waals surface area contributed by atoms with Gasteiger partial charge in [0.1, 0.15) is 5.69 Å². The first kappa shape index (κ1) is 6.67. The molecular formula is C6H6N3O. The lowest BCUT2D eigenvalue weighted by Gasteiger charge is -1.93. The van der Waals surface area contributed by atoms with Crippen LogP contribution in [0.5, 0.6) is 0 Å². The van der Waals surface area contributed by atoms with Crippen LogP contribution in [0.1, 0.15) is 10.5 Å². The second kappa shape index (κ2) is 2.91. The van der Waals surface area contributed by atoms with Crippen LogP contribution in [-0.2, 0) is 0 Å². The Morgan fingerprint density at radius 1 is 1.80 bits per heavy atom. The standard InChI is InChI=1S/C6H6N3O/c1-7-6(10)5-2-3-8-4-9-5/h2-3H,1H3,(H,7,10). The zero-order chi connectivity index (χ0) is 7.40. The van der Waals surface area contributed by atoms with Gasteiger partial charge in [-0.05, 0) is 6.07 Å². The van der Waals surface area contributed by atoms with Crippen molar-refractivity contribution < 1.29 is 4.79 Å². The largest absolute Gasteiger partial charge is 0.354 e. The highest BCUT2D eigenvalue weighted by molar-refractivity contribution is 5.91. The van der Waals surface area contributed by atoms with Gasteiger partial charge in [0, 0.05) is 13.2 Å². The van der Waals surface area contributed by atoms with Crippen LogP contribution in [0.3, 0.4) is 0 Å². The highest BCUT2D eigenvalue weighted by Gasteiger charge is 2.00. The molecule has 4 nitrogen and oxygen atoms in total. The quantitative estimate of drug-likeness (QED) is 0.573. The molecule has 0 aliphatic heterocycles. The summed E-state index contributed by atoms with van der Waals surface area (Å²) in [5.41, 5.74) is 0.331. The maximum Gasteiger partial charge on any atom is 0.269 e. The molecule has 0 unspecified atom stereocenters. The van der Waals surface area contributed by atoms with Crippen molar-refractivity contribution in [2.75, 3.05) is 7.05 Å². The van der Waals surface area contributed by atoms with Gasteiger partial charge in [0.2, 0.25) is 0 Å². The number of nitrogens with zero attached hydrogens (tertiary/aromatic N) is 2. The van der Waals surface area contributed by atoms with E-state index in [0.29, 0.717) is 5.69 Å². The Kier molecular flexibility index (Phi) is 1.94. The van der Waals surface area contributed by atoms with Crippen molar-refractivity contribution in [3.8, 4) is 0 Å². The Labute approximate surface area is 58.3 Å². The fourth-order valence-electron chi connectivity index (χ4n) is 0.516. The number of carbonyl (C=O) groups excluding carboxylic acids is 1. The molecule has 1 N–H and O–H groups in total. The predicted molar refractivity (Wildman–Crippen MR) is 34.3 cm³/mol. The summed E-state index contributed by atoms with van der Waals surface area (Å²) in [6.45, 7) is 0. The molecule has 0 spiro atoms. The minimum Gasteiger partial charge on any atom is -0.354 e. The Morgan fingerprint density at radius 2 is 2.60 bits per heavy atom. The SMILES string of the molecule is CNC(=O)c1ccn[c]n1. The van der Waals surface area contributed by atoms with Crippen molar-refractivity contribution in [1.82, 2.24) is 15.3 Å². The van der Waals surface area contributed by atoms with E-state index in [0.717, 1.165) is 0 Å². The molecule has 1 rings (SSSR count). The lowest BCUT2D eigenvalue weighted by molar-refractivity contribution is 0.0958. The lowest BCUT2D eigenvalue weighted by Crippen LogP contribution is -2.18. The number of hydrogen-bond acceptors (Lipinski definition) is 3. The van der Waals surface area contributed by atoms with E-state index in [4.69, 9.17) is 0 Å². The van der Waals surface area contributed by atoms with Crippen LogP contribution < -0.4 is 5.32 Å². The van der Waals surface area contributed by atoms with E-state index in [1.165, 1.54) is 12.3 Å². The molecule has 0 fully saturated rings. The Hall–Kier alpha value is -1.45. The summed E-state index contributed by atoms with van der Waals surface area (Å²) in [4.78, 5) is 17.9. The summed E-state index contributed by atoms with van der Waals surface area (Å²) in [6, 6.07) is 1.52. The molecule has 0 saturated heterocycles. The van der Waals surface area contributed by atoms with Crippen LogP contribution in [-0.4, -0.2) is 22.9 Å². The topological polar surface area (TPSA) is 54.9 Å². The number of rotatable bonds is 1.